The molecule has 21 heavy (non-hydrogen) atoms. The van der Waals surface area contributed by atoms with Crippen molar-refractivity contribution in [2.45, 2.75) is 76.7 Å². The van der Waals surface area contributed by atoms with E-state index in [9.17, 15) is 5.11 Å². The van der Waals surface area contributed by atoms with E-state index in [-0.39, 0.29) is 6.10 Å². The first-order chi connectivity index (χ1) is 10.3. The topological polar surface area (TPSA) is 20.2 Å². The number of hydrogen-bond acceptors (Lipinski definition) is 1. The summed E-state index contributed by atoms with van der Waals surface area (Å²) in [6.07, 6.45) is 11.6. The first-order valence-corrected chi connectivity index (χ1v) is 9.06. The maximum Gasteiger partial charge on any atom is 0.0818 e. The summed E-state index contributed by atoms with van der Waals surface area (Å²) in [6, 6.07) is 8.86. The van der Waals surface area contributed by atoms with Gasteiger partial charge in [0.1, 0.15) is 0 Å². The molecule has 1 nitrogen and oxygen atoms in total. The molecule has 1 aromatic rings. The van der Waals surface area contributed by atoms with E-state index in [1.165, 1.54) is 63.4 Å². The van der Waals surface area contributed by atoms with Gasteiger partial charge < -0.3 is 5.11 Å². The van der Waals surface area contributed by atoms with Crippen molar-refractivity contribution in [2.24, 2.45) is 11.8 Å². The fourth-order valence-corrected chi connectivity index (χ4v) is 4.18. The summed E-state index contributed by atoms with van der Waals surface area (Å²) >= 11 is 0. The van der Waals surface area contributed by atoms with Crippen LogP contribution in [-0.4, -0.2) is 5.11 Å². The largest absolute Gasteiger partial charge is 0.388 e. The van der Waals surface area contributed by atoms with E-state index < -0.39 is 0 Å². The van der Waals surface area contributed by atoms with Gasteiger partial charge in [-0.15, -0.1) is 0 Å². The summed E-state index contributed by atoms with van der Waals surface area (Å²) in [4.78, 5) is 0. The third-order valence-electron chi connectivity index (χ3n) is 5.89. The Hall–Kier alpha value is -0.820. The summed E-state index contributed by atoms with van der Waals surface area (Å²) in [5, 5.41) is 10.7. The van der Waals surface area contributed by atoms with Gasteiger partial charge in [0.25, 0.3) is 0 Å². The van der Waals surface area contributed by atoms with Crippen molar-refractivity contribution in [3.8, 4) is 0 Å². The minimum absolute atomic E-state index is 0.247. The molecule has 1 aromatic carbocycles. The summed E-state index contributed by atoms with van der Waals surface area (Å²) < 4.78 is 0. The van der Waals surface area contributed by atoms with E-state index in [1.807, 2.05) is 0 Å². The summed E-state index contributed by atoms with van der Waals surface area (Å²) in [7, 11) is 0. The predicted molar refractivity (Wildman–Crippen MR) is 88.3 cm³/mol. The molecule has 0 amide bonds. The zero-order chi connectivity index (χ0) is 14.7. The van der Waals surface area contributed by atoms with Crippen molar-refractivity contribution in [3.05, 3.63) is 35.4 Å². The molecule has 0 saturated heterocycles. The Bertz CT molecular complexity index is 424. The van der Waals surface area contributed by atoms with Gasteiger partial charge in [-0.25, -0.2) is 0 Å². The van der Waals surface area contributed by atoms with Crippen LogP contribution in [0.3, 0.4) is 0 Å². The molecule has 2 saturated carbocycles. The Morgan fingerprint density at radius 1 is 1.00 bits per heavy atom. The molecule has 1 N–H and O–H groups in total. The van der Waals surface area contributed by atoms with Crippen molar-refractivity contribution in [1.82, 2.24) is 0 Å². The average Bonchev–Trinajstić information content (AvgIpc) is 2.47. The molecule has 0 spiro atoms. The maximum atomic E-state index is 10.7. The SMILES string of the molecule is CCCC1CCC(C(O)c2ccc(C3CCC3)cc2)CC1. The smallest absolute Gasteiger partial charge is 0.0818 e. The van der Waals surface area contributed by atoms with Crippen LogP contribution in [0.4, 0.5) is 0 Å². The van der Waals surface area contributed by atoms with Gasteiger partial charge in [-0.1, -0.05) is 63.3 Å². The lowest BCUT2D eigenvalue weighted by Gasteiger charge is -2.32. The third-order valence-corrected chi connectivity index (χ3v) is 5.89. The molecule has 1 heteroatoms. The number of aliphatic hydroxyl groups excluding tert-OH is 1. The second kappa shape index (κ2) is 6.96. The molecule has 1 unspecified atom stereocenters. The molecule has 2 aliphatic carbocycles. The van der Waals surface area contributed by atoms with Crippen LogP contribution in [0.15, 0.2) is 24.3 Å². The van der Waals surface area contributed by atoms with E-state index >= 15 is 0 Å². The van der Waals surface area contributed by atoms with E-state index in [0.717, 1.165) is 17.4 Å². The Kier molecular flexibility index (Phi) is 5.00. The van der Waals surface area contributed by atoms with Gasteiger partial charge in [-0.2, -0.15) is 0 Å². The third kappa shape index (κ3) is 3.51. The highest BCUT2D eigenvalue weighted by Gasteiger charge is 2.27. The van der Waals surface area contributed by atoms with Gasteiger partial charge in [0.05, 0.1) is 6.10 Å². The fourth-order valence-electron chi connectivity index (χ4n) is 4.18. The molecule has 3 rings (SSSR count). The van der Waals surface area contributed by atoms with Crippen LogP contribution in [0, 0.1) is 11.8 Å². The lowest BCUT2D eigenvalue weighted by Crippen LogP contribution is -2.20. The number of benzene rings is 1. The quantitative estimate of drug-likeness (QED) is 0.747. The van der Waals surface area contributed by atoms with Crippen LogP contribution in [-0.2, 0) is 0 Å². The number of rotatable bonds is 5. The molecule has 0 heterocycles. The molecule has 0 aliphatic heterocycles. The van der Waals surface area contributed by atoms with Crippen LogP contribution < -0.4 is 0 Å². The van der Waals surface area contributed by atoms with Crippen molar-refractivity contribution in [1.29, 1.82) is 0 Å². The van der Waals surface area contributed by atoms with Crippen molar-refractivity contribution >= 4 is 0 Å². The highest BCUT2D eigenvalue weighted by Crippen LogP contribution is 2.40. The second-order valence-corrected chi connectivity index (χ2v) is 7.31. The molecule has 2 fully saturated rings. The molecule has 1 atom stereocenters. The minimum atomic E-state index is -0.247. The fraction of sp³-hybridized carbons (Fsp3) is 0.700. The van der Waals surface area contributed by atoms with Crippen LogP contribution in [0.5, 0.6) is 0 Å². The van der Waals surface area contributed by atoms with Gasteiger partial charge in [0.2, 0.25) is 0 Å². The van der Waals surface area contributed by atoms with E-state index in [4.69, 9.17) is 0 Å². The standard InChI is InChI=1S/C20H30O/c1-2-4-15-7-9-18(10-8-15)20(21)19-13-11-17(12-14-19)16-5-3-6-16/h11-16,18,20-21H,2-10H2,1H3. The molecule has 116 valence electrons. The molecule has 0 aromatic heterocycles. The van der Waals surface area contributed by atoms with Gasteiger partial charge in [0, 0.05) is 0 Å². The zero-order valence-electron chi connectivity index (χ0n) is 13.4. The van der Waals surface area contributed by atoms with Crippen molar-refractivity contribution < 1.29 is 5.11 Å². The Labute approximate surface area is 129 Å². The first-order valence-electron chi connectivity index (χ1n) is 9.06. The summed E-state index contributed by atoms with van der Waals surface area (Å²) in [6.45, 7) is 2.28. The number of aliphatic hydroxyl groups is 1. The first kappa shape index (κ1) is 15.1. The normalized spacial score (nSPS) is 28.1. The molecule has 0 radical (unpaired) electrons. The lowest BCUT2D eigenvalue weighted by atomic mass is 9.76. The zero-order valence-corrected chi connectivity index (χ0v) is 13.4. The van der Waals surface area contributed by atoms with Crippen molar-refractivity contribution in [3.63, 3.8) is 0 Å². The van der Waals surface area contributed by atoms with Crippen molar-refractivity contribution in [2.75, 3.05) is 0 Å². The Morgan fingerprint density at radius 3 is 2.19 bits per heavy atom. The van der Waals surface area contributed by atoms with Crippen LogP contribution in [0.1, 0.15) is 87.9 Å². The maximum absolute atomic E-state index is 10.7. The summed E-state index contributed by atoms with van der Waals surface area (Å²) in [5.74, 6) is 2.19. The lowest BCUT2D eigenvalue weighted by molar-refractivity contribution is 0.0722. The average molecular weight is 286 g/mol. The highest BCUT2D eigenvalue weighted by molar-refractivity contribution is 5.28. The van der Waals surface area contributed by atoms with Crippen LogP contribution >= 0.6 is 0 Å². The highest BCUT2D eigenvalue weighted by atomic mass is 16.3. The monoisotopic (exact) mass is 286 g/mol. The Morgan fingerprint density at radius 2 is 1.67 bits per heavy atom. The Balaban J connectivity index is 1.56. The van der Waals surface area contributed by atoms with E-state index in [2.05, 4.69) is 31.2 Å². The predicted octanol–water partition coefficient (Wildman–Crippen LogP) is 5.59. The molecule has 0 bridgehead atoms. The molecular weight excluding hydrogens is 256 g/mol. The second-order valence-electron chi connectivity index (χ2n) is 7.31. The van der Waals surface area contributed by atoms with Crippen LogP contribution in [0.2, 0.25) is 0 Å². The summed E-state index contributed by atoms with van der Waals surface area (Å²) in [5.41, 5.74) is 2.61. The van der Waals surface area contributed by atoms with E-state index in [1.54, 1.807) is 0 Å². The van der Waals surface area contributed by atoms with Crippen LogP contribution in [0.25, 0.3) is 0 Å². The number of hydrogen-bond donors (Lipinski definition) is 1. The van der Waals surface area contributed by atoms with Gasteiger partial charge in [0.15, 0.2) is 0 Å². The molecule has 2 aliphatic rings. The van der Waals surface area contributed by atoms with Gasteiger partial charge in [-0.3, -0.25) is 0 Å². The minimum Gasteiger partial charge on any atom is -0.388 e. The van der Waals surface area contributed by atoms with Gasteiger partial charge >= 0.3 is 0 Å². The van der Waals surface area contributed by atoms with E-state index in [0.29, 0.717) is 5.92 Å². The molecular formula is C20H30O. The van der Waals surface area contributed by atoms with Gasteiger partial charge in [-0.05, 0) is 54.6 Å².